The molecule has 0 saturated carbocycles. The van der Waals surface area contributed by atoms with Crippen molar-refractivity contribution in [2.75, 3.05) is 14.2 Å². The number of esters is 1. The van der Waals surface area contributed by atoms with Gasteiger partial charge in [0.05, 0.1) is 12.7 Å². The first-order chi connectivity index (χ1) is 4.95. The van der Waals surface area contributed by atoms with Gasteiger partial charge in [0, 0.05) is 7.11 Å². The first-order valence-electron chi connectivity index (χ1n) is 3.34. The Labute approximate surface area is 78.8 Å². The van der Waals surface area contributed by atoms with Gasteiger partial charge in [0.15, 0.2) is 0 Å². The average molecular weight is 198 g/mol. The van der Waals surface area contributed by atoms with Gasteiger partial charge in [-0.25, -0.2) is 0 Å². The minimum absolute atomic E-state index is 0. The van der Waals surface area contributed by atoms with Gasteiger partial charge in [0.2, 0.25) is 0 Å². The number of hydrogen-bond donors (Lipinski definition) is 1. The third kappa shape index (κ3) is 3.38. The van der Waals surface area contributed by atoms with Crippen LogP contribution in [0.15, 0.2) is 0 Å². The van der Waals surface area contributed by atoms with Crippen LogP contribution in [0.25, 0.3) is 0 Å². The molecular weight excluding hydrogens is 182 g/mol. The molecule has 74 valence electrons. The fraction of sp³-hybridized carbons (Fsp3) is 0.857. The van der Waals surface area contributed by atoms with Crippen LogP contribution < -0.4 is 5.73 Å². The van der Waals surface area contributed by atoms with Crippen molar-refractivity contribution in [3.8, 4) is 0 Å². The maximum Gasteiger partial charge on any atom is 0.325 e. The highest BCUT2D eigenvalue weighted by molar-refractivity contribution is 5.85. The van der Waals surface area contributed by atoms with Crippen molar-refractivity contribution in [2.45, 2.75) is 25.5 Å². The number of nitrogens with two attached hydrogens (primary N) is 1. The lowest BCUT2D eigenvalue weighted by Gasteiger charge is -2.27. The molecule has 0 aliphatic carbocycles. The molecule has 2 N–H and O–H groups in total. The van der Waals surface area contributed by atoms with Crippen LogP contribution in [0.4, 0.5) is 0 Å². The second-order valence-electron chi connectivity index (χ2n) is 2.81. The van der Waals surface area contributed by atoms with Crippen molar-refractivity contribution in [3.63, 3.8) is 0 Å². The van der Waals surface area contributed by atoms with Crippen LogP contribution in [0.2, 0.25) is 0 Å². The van der Waals surface area contributed by atoms with Gasteiger partial charge < -0.3 is 15.2 Å². The molecule has 1 unspecified atom stereocenters. The highest BCUT2D eigenvalue weighted by Crippen LogP contribution is 2.12. The number of methoxy groups -OCH3 is 2. The van der Waals surface area contributed by atoms with E-state index in [0.29, 0.717) is 0 Å². The monoisotopic (exact) mass is 197 g/mol. The number of carbonyl (C=O) groups is 1. The van der Waals surface area contributed by atoms with E-state index in [0.717, 1.165) is 0 Å². The van der Waals surface area contributed by atoms with Crippen LogP contribution in [0.5, 0.6) is 0 Å². The lowest BCUT2D eigenvalue weighted by molar-refractivity contribution is -0.149. The summed E-state index contributed by atoms with van der Waals surface area (Å²) in [5.41, 5.74) is 4.84. The Bertz CT molecular complexity index is 150. The second kappa shape index (κ2) is 5.35. The first-order valence-corrected chi connectivity index (χ1v) is 3.34. The summed E-state index contributed by atoms with van der Waals surface area (Å²) in [7, 11) is 2.80. The van der Waals surface area contributed by atoms with E-state index in [1.165, 1.54) is 14.2 Å². The molecule has 4 nitrogen and oxygen atoms in total. The van der Waals surface area contributed by atoms with Crippen LogP contribution in [0.3, 0.4) is 0 Å². The summed E-state index contributed by atoms with van der Waals surface area (Å²) in [6.45, 7) is 3.46. The number of halogens is 1. The topological polar surface area (TPSA) is 61.5 Å². The van der Waals surface area contributed by atoms with Crippen LogP contribution in [-0.4, -0.2) is 31.8 Å². The van der Waals surface area contributed by atoms with E-state index in [4.69, 9.17) is 10.5 Å². The molecule has 0 aliphatic heterocycles. The predicted octanol–water partition coefficient (Wildman–Crippen LogP) is 0.333. The Hall–Kier alpha value is -0.320. The molecule has 0 aromatic heterocycles. The second-order valence-corrected chi connectivity index (χ2v) is 2.81. The standard InChI is InChI=1S/C7H15NO3.ClH/c1-7(2,11-4)5(8)6(9)10-3;/h5H,8H2,1-4H3;1H. The van der Waals surface area contributed by atoms with Crippen molar-refractivity contribution in [2.24, 2.45) is 5.73 Å². The first kappa shape index (κ1) is 14.2. The molecular formula is C7H16ClNO3. The summed E-state index contributed by atoms with van der Waals surface area (Å²) in [5, 5.41) is 0. The van der Waals surface area contributed by atoms with Gasteiger partial charge in [-0.1, -0.05) is 0 Å². The van der Waals surface area contributed by atoms with Crippen LogP contribution >= 0.6 is 12.4 Å². The van der Waals surface area contributed by atoms with Crippen molar-refractivity contribution in [3.05, 3.63) is 0 Å². The summed E-state index contributed by atoms with van der Waals surface area (Å²) in [6, 6.07) is -0.738. The van der Waals surface area contributed by atoms with E-state index in [2.05, 4.69) is 4.74 Å². The molecule has 0 bridgehead atoms. The number of ether oxygens (including phenoxy) is 2. The maximum absolute atomic E-state index is 10.9. The van der Waals surface area contributed by atoms with Gasteiger partial charge in [0.1, 0.15) is 6.04 Å². The lowest BCUT2D eigenvalue weighted by Crippen LogP contribution is -2.50. The van der Waals surface area contributed by atoms with Crippen molar-refractivity contribution >= 4 is 18.4 Å². The highest BCUT2D eigenvalue weighted by Gasteiger charge is 2.32. The van der Waals surface area contributed by atoms with Crippen LogP contribution in [-0.2, 0) is 14.3 Å². The van der Waals surface area contributed by atoms with Crippen LogP contribution in [0, 0.1) is 0 Å². The molecule has 0 aromatic carbocycles. The number of rotatable bonds is 3. The smallest absolute Gasteiger partial charge is 0.325 e. The summed E-state index contributed by atoms with van der Waals surface area (Å²) < 4.78 is 9.45. The van der Waals surface area contributed by atoms with Crippen LogP contribution in [0.1, 0.15) is 13.8 Å². The van der Waals surface area contributed by atoms with Gasteiger partial charge in [0.25, 0.3) is 0 Å². The fourth-order valence-corrected chi connectivity index (χ4v) is 0.538. The number of hydrogen-bond acceptors (Lipinski definition) is 4. The van der Waals surface area contributed by atoms with E-state index >= 15 is 0 Å². The van der Waals surface area contributed by atoms with Gasteiger partial charge in [-0.05, 0) is 13.8 Å². The van der Waals surface area contributed by atoms with Gasteiger partial charge in [-0.3, -0.25) is 4.79 Å². The molecule has 0 aromatic rings. The molecule has 0 aliphatic rings. The summed E-state index contributed by atoms with van der Waals surface area (Å²) in [6.07, 6.45) is 0. The fourth-order valence-electron chi connectivity index (χ4n) is 0.538. The Morgan fingerprint density at radius 3 is 2.08 bits per heavy atom. The Morgan fingerprint density at radius 1 is 1.42 bits per heavy atom. The molecule has 0 rings (SSSR count). The Balaban J connectivity index is 0. The van der Waals surface area contributed by atoms with Crippen molar-refractivity contribution in [1.82, 2.24) is 0 Å². The third-order valence-corrected chi connectivity index (χ3v) is 1.73. The maximum atomic E-state index is 10.9. The molecule has 0 radical (unpaired) electrons. The Morgan fingerprint density at radius 2 is 1.83 bits per heavy atom. The van der Waals surface area contributed by atoms with E-state index < -0.39 is 17.6 Å². The van der Waals surface area contributed by atoms with Crippen molar-refractivity contribution in [1.29, 1.82) is 0 Å². The predicted molar refractivity (Wildman–Crippen MR) is 48.3 cm³/mol. The van der Waals surface area contributed by atoms with E-state index in [-0.39, 0.29) is 12.4 Å². The summed E-state index contributed by atoms with van der Waals surface area (Å²) in [5.74, 6) is -0.461. The minimum Gasteiger partial charge on any atom is -0.468 e. The average Bonchev–Trinajstić information content (AvgIpc) is 2.01. The number of carbonyl (C=O) groups excluding carboxylic acids is 1. The van der Waals surface area contributed by atoms with Gasteiger partial charge in [-0.2, -0.15) is 0 Å². The summed E-state index contributed by atoms with van der Waals surface area (Å²) in [4.78, 5) is 10.9. The van der Waals surface area contributed by atoms with Gasteiger partial charge in [-0.15, -0.1) is 12.4 Å². The zero-order chi connectivity index (χ0) is 9.07. The quantitative estimate of drug-likeness (QED) is 0.663. The molecule has 0 spiro atoms. The SMILES string of the molecule is COC(=O)C(N)C(C)(C)OC.Cl. The molecule has 0 fully saturated rings. The molecule has 0 amide bonds. The molecule has 1 atom stereocenters. The molecule has 12 heavy (non-hydrogen) atoms. The largest absolute Gasteiger partial charge is 0.468 e. The third-order valence-electron chi connectivity index (χ3n) is 1.73. The normalized spacial score (nSPS) is 13.1. The lowest BCUT2D eigenvalue weighted by atomic mass is 10.00. The van der Waals surface area contributed by atoms with Crippen molar-refractivity contribution < 1.29 is 14.3 Å². The Kier molecular flexibility index (Phi) is 6.34. The minimum atomic E-state index is -0.738. The highest BCUT2D eigenvalue weighted by atomic mass is 35.5. The van der Waals surface area contributed by atoms with Gasteiger partial charge >= 0.3 is 5.97 Å². The van der Waals surface area contributed by atoms with E-state index in [9.17, 15) is 4.79 Å². The summed E-state index contributed by atoms with van der Waals surface area (Å²) >= 11 is 0. The molecule has 0 heterocycles. The molecule has 0 saturated heterocycles. The van der Waals surface area contributed by atoms with E-state index in [1.54, 1.807) is 13.8 Å². The molecule has 5 heteroatoms. The zero-order valence-electron chi connectivity index (χ0n) is 7.79. The zero-order valence-corrected chi connectivity index (χ0v) is 8.60. The van der Waals surface area contributed by atoms with E-state index in [1.807, 2.05) is 0 Å².